The molecule has 31 heavy (non-hydrogen) atoms. The number of hydrogen-bond donors (Lipinski definition) is 0. The largest absolute Gasteiger partial charge is 0.435 e. The van der Waals surface area contributed by atoms with Crippen LogP contribution in [0, 0.1) is 0 Å². The molecule has 1 fully saturated rings. The topological polar surface area (TPSA) is 41.4 Å². The minimum atomic E-state index is -4.49. The number of fused-ring (bicyclic) bond motifs is 1. The van der Waals surface area contributed by atoms with E-state index in [0.29, 0.717) is 51.3 Å². The van der Waals surface area contributed by atoms with Crippen molar-refractivity contribution in [3.05, 3.63) is 51.8 Å². The van der Waals surface area contributed by atoms with Gasteiger partial charge in [-0.25, -0.2) is 0 Å². The van der Waals surface area contributed by atoms with Gasteiger partial charge in [0.2, 0.25) is 5.91 Å². The third-order valence-corrected chi connectivity index (χ3v) is 6.51. The lowest BCUT2D eigenvalue weighted by Gasteiger charge is -2.35. The number of piperazine rings is 1. The number of carbonyl (C=O) groups is 1. The van der Waals surface area contributed by atoms with Crippen LogP contribution < -0.4 is 0 Å². The molecule has 0 N–H and O–H groups in total. The van der Waals surface area contributed by atoms with Gasteiger partial charge in [-0.05, 0) is 37.3 Å². The molecule has 0 spiro atoms. The number of nitrogens with zero attached hydrogens (tertiary/aromatic N) is 4. The monoisotopic (exact) mass is 454 g/mol. The molecule has 5 nitrogen and oxygen atoms in total. The molecule has 1 aromatic heterocycles. The van der Waals surface area contributed by atoms with E-state index in [1.807, 2.05) is 24.3 Å². The zero-order valence-corrected chi connectivity index (χ0v) is 18.1. The second kappa shape index (κ2) is 9.20. The first kappa shape index (κ1) is 22.1. The summed E-state index contributed by atoms with van der Waals surface area (Å²) in [5, 5.41) is 4.56. The molecular weight excluding hydrogens is 429 g/mol. The summed E-state index contributed by atoms with van der Waals surface area (Å²) in [4.78, 5) is 16.8. The van der Waals surface area contributed by atoms with E-state index in [2.05, 4.69) is 10.00 Å². The zero-order valence-electron chi connectivity index (χ0n) is 17.3. The Morgan fingerprint density at radius 3 is 2.45 bits per heavy atom. The van der Waals surface area contributed by atoms with E-state index in [0.717, 1.165) is 29.8 Å². The minimum Gasteiger partial charge on any atom is -0.339 e. The van der Waals surface area contributed by atoms with Gasteiger partial charge in [0.1, 0.15) is 6.54 Å². The van der Waals surface area contributed by atoms with Gasteiger partial charge in [0, 0.05) is 49.0 Å². The van der Waals surface area contributed by atoms with Crippen LogP contribution in [0.25, 0.3) is 0 Å². The maximum Gasteiger partial charge on any atom is 0.435 e. The molecule has 0 bridgehead atoms. The summed E-state index contributed by atoms with van der Waals surface area (Å²) in [7, 11) is 0. The van der Waals surface area contributed by atoms with Gasteiger partial charge in [0.05, 0.1) is 0 Å². The van der Waals surface area contributed by atoms with Crippen LogP contribution in [0.2, 0.25) is 5.02 Å². The van der Waals surface area contributed by atoms with Crippen LogP contribution in [0.4, 0.5) is 13.2 Å². The Labute approximate surface area is 184 Å². The van der Waals surface area contributed by atoms with E-state index < -0.39 is 11.9 Å². The van der Waals surface area contributed by atoms with E-state index in [1.54, 1.807) is 4.90 Å². The van der Waals surface area contributed by atoms with E-state index in [4.69, 9.17) is 11.6 Å². The van der Waals surface area contributed by atoms with Crippen molar-refractivity contribution in [1.29, 1.82) is 0 Å². The van der Waals surface area contributed by atoms with Gasteiger partial charge in [-0.2, -0.15) is 18.3 Å². The molecule has 0 unspecified atom stereocenters. The normalized spacial score (nSPS) is 18.0. The minimum absolute atomic E-state index is 0.136. The number of carbonyl (C=O) groups excluding carboxylic acids is 1. The molecule has 2 aliphatic rings. The van der Waals surface area contributed by atoms with Gasteiger partial charge >= 0.3 is 6.18 Å². The van der Waals surface area contributed by atoms with Crippen molar-refractivity contribution in [2.45, 2.75) is 51.4 Å². The Hall–Kier alpha value is -2.06. The molecule has 0 radical (unpaired) electrons. The smallest absolute Gasteiger partial charge is 0.339 e. The first-order chi connectivity index (χ1) is 14.8. The highest BCUT2D eigenvalue weighted by atomic mass is 35.5. The van der Waals surface area contributed by atoms with Crippen molar-refractivity contribution in [2.75, 3.05) is 26.2 Å². The molecule has 2 heterocycles. The van der Waals surface area contributed by atoms with Crippen LogP contribution in [0.1, 0.15) is 41.8 Å². The van der Waals surface area contributed by atoms with Crippen molar-refractivity contribution in [1.82, 2.24) is 19.6 Å². The SMILES string of the molecule is O=C(Cn1nc(C(F)(F)F)c2c1CCCCC2)N1CCN(Cc2ccccc2Cl)CC1. The van der Waals surface area contributed by atoms with Crippen molar-refractivity contribution in [3.63, 3.8) is 0 Å². The Morgan fingerprint density at radius 2 is 1.74 bits per heavy atom. The average Bonchev–Trinajstić information content (AvgIpc) is 2.91. The third-order valence-electron chi connectivity index (χ3n) is 6.14. The lowest BCUT2D eigenvalue weighted by Crippen LogP contribution is -2.49. The summed E-state index contributed by atoms with van der Waals surface area (Å²) >= 11 is 6.24. The van der Waals surface area contributed by atoms with Crippen LogP contribution in [0.15, 0.2) is 24.3 Å². The van der Waals surface area contributed by atoms with Gasteiger partial charge in [-0.3, -0.25) is 14.4 Å². The summed E-state index contributed by atoms with van der Waals surface area (Å²) < 4.78 is 41.7. The molecule has 0 atom stereocenters. The standard InChI is InChI=1S/C22H26ClF3N4O/c23-18-8-5-4-6-16(18)14-28-10-12-29(13-11-28)20(31)15-30-19-9-3-1-2-7-17(19)21(27-30)22(24,25)26/h4-6,8H,1-3,7,9-15H2. The highest BCUT2D eigenvalue weighted by molar-refractivity contribution is 6.31. The zero-order chi connectivity index (χ0) is 22.0. The van der Waals surface area contributed by atoms with Crippen LogP contribution in [0.3, 0.4) is 0 Å². The van der Waals surface area contributed by atoms with E-state index in [9.17, 15) is 18.0 Å². The molecule has 0 saturated carbocycles. The predicted octanol–water partition coefficient (Wildman–Crippen LogP) is 4.17. The number of aromatic nitrogens is 2. The number of benzene rings is 1. The van der Waals surface area contributed by atoms with E-state index >= 15 is 0 Å². The van der Waals surface area contributed by atoms with Crippen LogP contribution >= 0.6 is 11.6 Å². The van der Waals surface area contributed by atoms with Crippen molar-refractivity contribution in [2.24, 2.45) is 0 Å². The average molecular weight is 455 g/mol. The molecule has 2 aromatic rings. The summed E-state index contributed by atoms with van der Waals surface area (Å²) in [6.45, 7) is 3.05. The molecule has 1 saturated heterocycles. The second-order valence-electron chi connectivity index (χ2n) is 8.24. The maximum absolute atomic E-state index is 13.5. The summed E-state index contributed by atoms with van der Waals surface area (Å²) in [6.07, 6.45) is -1.13. The maximum atomic E-state index is 13.5. The number of halogens is 4. The number of alkyl halides is 3. The van der Waals surface area contributed by atoms with Gasteiger partial charge in [0.25, 0.3) is 0 Å². The molecule has 168 valence electrons. The molecule has 1 amide bonds. The molecule has 4 rings (SSSR count). The summed E-state index contributed by atoms with van der Waals surface area (Å²) in [5.41, 5.74) is 1.09. The second-order valence-corrected chi connectivity index (χ2v) is 8.65. The predicted molar refractivity (Wildman–Crippen MR) is 112 cm³/mol. The van der Waals surface area contributed by atoms with E-state index in [1.165, 1.54) is 4.68 Å². The fourth-order valence-electron chi connectivity index (χ4n) is 4.46. The van der Waals surface area contributed by atoms with Crippen molar-refractivity contribution < 1.29 is 18.0 Å². The highest BCUT2D eigenvalue weighted by Gasteiger charge is 2.39. The van der Waals surface area contributed by atoms with Crippen LogP contribution in [0.5, 0.6) is 0 Å². The quantitative estimate of drug-likeness (QED) is 0.651. The number of rotatable bonds is 4. The van der Waals surface area contributed by atoms with Gasteiger partial charge in [-0.1, -0.05) is 36.2 Å². The molecular formula is C22H26ClF3N4O. The first-order valence-electron chi connectivity index (χ1n) is 10.7. The summed E-state index contributed by atoms with van der Waals surface area (Å²) in [6, 6.07) is 7.69. The number of amides is 1. The molecule has 1 aliphatic heterocycles. The molecule has 1 aromatic carbocycles. The highest BCUT2D eigenvalue weighted by Crippen LogP contribution is 2.35. The Bertz CT molecular complexity index is 935. The fourth-order valence-corrected chi connectivity index (χ4v) is 4.65. The Morgan fingerprint density at radius 1 is 1.03 bits per heavy atom. The van der Waals surface area contributed by atoms with Crippen LogP contribution in [-0.2, 0) is 36.9 Å². The summed E-state index contributed by atoms with van der Waals surface area (Å²) in [5.74, 6) is -0.180. The van der Waals surface area contributed by atoms with Gasteiger partial charge in [0.15, 0.2) is 5.69 Å². The third kappa shape index (κ3) is 5.06. The lowest BCUT2D eigenvalue weighted by molar-refractivity contribution is -0.142. The fraction of sp³-hybridized carbons (Fsp3) is 0.545. The molecule has 9 heteroatoms. The van der Waals surface area contributed by atoms with Crippen molar-refractivity contribution in [3.8, 4) is 0 Å². The van der Waals surface area contributed by atoms with Crippen LogP contribution in [-0.4, -0.2) is 51.7 Å². The molecule has 1 aliphatic carbocycles. The Kier molecular flexibility index (Phi) is 6.57. The van der Waals surface area contributed by atoms with Crippen molar-refractivity contribution >= 4 is 17.5 Å². The first-order valence-corrected chi connectivity index (χ1v) is 11.1. The van der Waals surface area contributed by atoms with E-state index in [-0.39, 0.29) is 18.0 Å². The number of hydrogen-bond acceptors (Lipinski definition) is 3. The Balaban J connectivity index is 1.40. The van der Waals surface area contributed by atoms with Gasteiger partial charge in [-0.15, -0.1) is 0 Å². The van der Waals surface area contributed by atoms with Gasteiger partial charge < -0.3 is 4.90 Å². The lowest BCUT2D eigenvalue weighted by atomic mass is 10.1.